The molecule has 1 aromatic carbocycles. The number of amides is 1. The second-order valence-corrected chi connectivity index (χ2v) is 5.33. The maximum atomic E-state index is 12.0. The minimum atomic E-state index is 0.118. The van der Waals surface area contributed by atoms with E-state index in [9.17, 15) is 4.79 Å². The number of benzene rings is 1. The zero-order chi connectivity index (χ0) is 13.1. The van der Waals surface area contributed by atoms with E-state index in [1.165, 1.54) is 6.42 Å². The van der Waals surface area contributed by atoms with Crippen LogP contribution in [0.3, 0.4) is 0 Å². The second-order valence-electron chi connectivity index (χ2n) is 5.33. The van der Waals surface area contributed by atoms with Crippen LogP contribution in [0.1, 0.15) is 24.8 Å². The summed E-state index contributed by atoms with van der Waals surface area (Å²) in [4.78, 5) is 12.0. The van der Waals surface area contributed by atoms with Gasteiger partial charge in [0.15, 0.2) is 0 Å². The lowest BCUT2D eigenvalue weighted by molar-refractivity contribution is -0.116. The predicted molar refractivity (Wildman–Crippen MR) is 74.5 cm³/mol. The Hall–Kier alpha value is -1.55. The van der Waals surface area contributed by atoms with Crippen molar-refractivity contribution in [2.24, 2.45) is 5.92 Å². The van der Waals surface area contributed by atoms with Crippen LogP contribution in [-0.4, -0.2) is 25.6 Å². The highest BCUT2D eigenvalue weighted by Crippen LogP contribution is 2.31. The van der Waals surface area contributed by atoms with E-state index < -0.39 is 0 Å². The summed E-state index contributed by atoms with van der Waals surface area (Å²) in [5, 5.41) is 6.36. The first-order chi connectivity index (χ1) is 9.33. The normalized spacial score (nSPS) is 20.9. The SMILES string of the molecule is O=C(CCC1CCNC1)Nc1cccc2c1CCO2. The fourth-order valence-corrected chi connectivity index (χ4v) is 2.85. The molecule has 1 amide bonds. The number of nitrogens with one attached hydrogen (secondary N) is 2. The van der Waals surface area contributed by atoms with Crippen LogP contribution < -0.4 is 15.4 Å². The van der Waals surface area contributed by atoms with Crippen LogP contribution in [0.25, 0.3) is 0 Å². The Morgan fingerprint density at radius 1 is 1.47 bits per heavy atom. The molecular formula is C15H20N2O2. The molecule has 4 nitrogen and oxygen atoms in total. The largest absolute Gasteiger partial charge is 0.493 e. The van der Waals surface area contributed by atoms with Gasteiger partial charge in [-0.1, -0.05) is 6.07 Å². The highest BCUT2D eigenvalue weighted by molar-refractivity contribution is 5.92. The Labute approximate surface area is 113 Å². The third kappa shape index (κ3) is 2.89. The lowest BCUT2D eigenvalue weighted by Gasteiger charge is -2.11. The molecule has 1 fully saturated rings. The van der Waals surface area contributed by atoms with Gasteiger partial charge in [0, 0.05) is 24.1 Å². The average molecular weight is 260 g/mol. The molecule has 0 spiro atoms. The van der Waals surface area contributed by atoms with Crippen molar-refractivity contribution in [2.45, 2.75) is 25.7 Å². The summed E-state index contributed by atoms with van der Waals surface area (Å²) in [7, 11) is 0. The van der Waals surface area contributed by atoms with Gasteiger partial charge in [-0.2, -0.15) is 0 Å². The summed E-state index contributed by atoms with van der Waals surface area (Å²) in [5.41, 5.74) is 2.06. The zero-order valence-corrected chi connectivity index (χ0v) is 11.1. The number of ether oxygens (including phenoxy) is 1. The molecule has 1 unspecified atom stereocenters. The fourth-order valence-electron chi connectivity index (χ4n) is 2.85. The Bertz CT molecular complexity index is 467. The quantitative estimate of drug-likeness (QED) is 0.870. The van der Waals surface area contributed by atoms with Gasteiger partial charge in [0.05, 0.1) is 6.61 Å². The zero-order valence-electron chi connectivity index (χ0n) is 11.1. The van der Waals surface area contributed by atoms with Crippen LogP contribution in [0.4, 0.5) is 5.69 Å². The van der Waals surface area contributed by atoms with Crippen LogP contribution in [0.15, 0.2) is 18.2 Å². The Morgan fingerprint density at radius 3 is 3.26 bits per heavy atom. The molecule has 3 rings (SSSR count). The Morgan fingerprint density at radius 2 is 2.42 bits per heavy atom. The molecule has 102 valence electrons. The second kappa shape index (κ2) is 5.61. The molecule has 19 heavy (non-hydrogen) atoms. The van der Waals surface area contributed by atoms with Gasteiger partial charge in [-0.25, -0.2) is 0 Å². The van der Waals surface area contributed by atoms with Crippen LogP contribution in [0.5, 0.6) is 5.75 Å². The highest BCUT2D eigenvalue weighted by Gasteiger charge is 2.18. The molecule has 0 aromatic heterocycles. The molecule has 1 saturated heterocycles. The van der Waals surface area contributed by atoms with E-state index in [-0.39, 0.29) is 5.91 Å². The lowest BCUT2D eigenvalue weighted by Crippen LogP contribution is -2.15. The summed E-state index contributed by atoms with van der Waals surface area (Å²) in [6.07, 6.45) is 3.67. The molecule has 0 radical (unpaired) electrons. The van der Waals surface area contributed by atoms with E-state index in [0.717, 1.165) is 49.5 Å². The number of rotatable bonds is 4. The number of carbonyl (C=O) groups is 1. The number of hydrogen-bond acceptors (Lipinski definition) is 3. The van der Waals surface area contributed by atoms with Crippen molar-refractivity contribution >= 4 is 11.6 Å². The molecule has 1 aromatic rings. The van der Waals surface area contributed by atoms with Crippen LogP contribution in [0.2, 0.25) is 0 Å². The molecule has 2 aliphatic heterocycles. The minimum absolute atomic E-state index is 0.118. The van der Waals surface area contributed by atoms with Crippen molar-refractivity contribution in [2.75, 3.05) is 25.0 Å². The third-order valence-corrected chi connectivity index (χ3v) is 3.96. The van der Waals surface area contributed by atoms with Gasteiger partial charge in [-0.3, -0.25) is 4.79 Å². The standard InChI is InChI=1S/C15H20N2O2/c18-15(5-4-11-6-8-16-10-11)17-13-2-1-3-14-12(13)7-9-19-14/h1-3,11,16H,4-10H2,(H,17,18). The van der Waals surface area contributed by atoms with E-state index in [1.54, 1.807) is 0 Å². The molecule has 2 N–H and O–H groups in total. The average Bonchev–Trinajstić information content (AvgIpc) is 3.08. The van der Waals surface area contributed by atoms with Gasteiger partial charge in [0.2, 0.25) is 5.91 Å². The van der Waals surface area contributed by atoms with Crippen molar-refractivity contribution in [3.63, 3.8) is 0 Å². The molecule has 1 atom stereocenters. The summed E-state index contributed by atoms with van der Waals surface area (Å²) in [6.45, 7) is 2.87. The maximum absolute atomic E-state index is 12.0. The predicted octanol–water partition coefficient (Wildman–Crippen LogP) is 1.95. The van der Waals surface area contributed by atoms with Crippen LogP contribution in [0, 0.1) is 5.92 Å². The number of fused-ring (bicyclic) bond motifs is 1. The smallest absolute Gasteiger partial charge is 0.224 e. The van der Waals surface area contributed by atoms with Gasteiger partial charge < -0.3 is 15.4 Å². The third-order valence-electron chi connectivity index (χ3n) is 3.96. The van der Waals surface area contributed by atoms with E-state index >= 15 is 0 Å². The topological polar surface area (TPSA) is 50.4 Å². The van der Waals surface area contributed by atoms with Crippen molar-refractivity contribution in [1.82, 2.24) is 5.32 Å². The van der Waals surface area contributed by atoms with Crippen molar-refractivity contribution < 1.29 is 9.53 Å². The van der Waals surface area contributed by atoms with Crippen LogP contribution in [-0.2, 0) is 11.2 Å². The molecule has 2 aliphatic rings. The summed E-state index contributed by atoms with van der Waals surface area (Å²) < 4.78 is 5.50. The first kappa shape index (κ1) is 12.5. The Kier molecular flexibility index (Phi) is 3.69. The number of anilines is 1. The maximum Gasteiger partial charge on any atom is 0.224 e. The van der Waals surface area contributed by atoms with Gasteiger partial charge >= 0.3 is 0 Å². The Balaban J connectivity index is 1.56. The number of carbonyl (C=O) groups excluding carboxylic acids is 1. The monoisotopic (exact) mass is 260 g/mol. The lowest BCUT2D eigenvalue weighted by atomic mass is 10.0. The first-order valence-corrected chi connectivity index (χ1v) is 7.08. The van der Waals surface area contributed by atoms with Crippen LogP contribution >= 0.6 is 0 Å². The van der Waals surface area contributed by atoms with Crippen molar-refractivity contribution in [3.8, 4) is 5.75 Å². The molecule has 2 heterocycles. The van der Waals surface area contributed by atoms with Gasteiger partial charge in [-0.15, -0.1) is 0 Å². The van der Waals surface area contributed by atoms with Crippen molar-refractivity contribution in [1.29, 1.82) is 0 Å². The number of hydrogen-bond donors (Lipinski definition) is 2. The van der Waals surface area contributed by atoms with E-state index in [2.05, 4.69) is 10.6 Å². The van der Waals surface area contributed by atoms with Gasteiger partial charge in [0.1, 0.15) is 5.75 Å². The van der Waals surface area contributed by atoms with E-state index in [4.69, 9.17) is 4.74 Å². The fraction of sp³-hybridized carbons (Fsp3) is 0.533. The summed E-state index contributed by atoms with van der Waals surface area (Å²) in [5.74, 6) is 1.69. The molecular weight excluding hydrogens is 240 g/mol. The molecule has 0 saturated carbocycles. The van der Waals surface area contributed by atoms with Gasteiger partial charge in [0.25, 0.3) is 0 Å². The van der Waals surface area contributed by atoms with Crippen molar-refractivity contribution in [3.05, 3.63) is 23.8 Å². The highest BCUT2D eigenvalue weighted by atomic mass is 16.5. The first-order valence-electron chi connectivity index (χ1n) is 7.08. The molecule has 0 aliphatic carbocycles. The molecule has 0 bridgehead atoms. The molecule has 4 heteroatoms. The summed E-state index contributed by atoms with van der Waals surface area (Å²) in [6, 6.07) is 5.85. The van der Waals surface area contributed by atoms with E-state index in [0.29, 0.717) is 12.3 Å². The van der Waals surface area contributed by atoms with E-state index in [1.807, 2.05) is 18.2 Å². The van der Waals surface area contributed by atoms with Gasteiger partial charge in [-0.05, 0) is 44.0 Å². The minimum Gasteiger partial charge on any atom is -0.493 e. The summed E-state index contributed by atoms with van der Waals surface area (Å²) >= 11 is 0.